The third kappa shape index (κ3) is 5.48. The van der Waals surface area contributed by atoms with Crippen LogP contribution >= 0.6 is 0 Å². The van der Waals surface area contributed by atoms with E-state index in [4.69, 9.17) is 15.2 Å². The first-order chi connectivity index (χ1) is 8.27. The Bertz CT molecular complexity index is 218. The Morgan fingerprint density at radius 1 is 1.53 bits per heavy atom. The van der Waals surface area contributed by atoms with E-state index in [1.165, 1.54) is 0 Å². The molecule has 2 N–H and O–H groups in total. The fourth-order valence-electron chi connectivity index (χ4n) is 2.03. The van der Waals surface area contributed by atoms with Crippen molar-refractivity contribution < 1.29 is 14.3 Å². The maximum absolute atomic E-state index is 12.0. The molecular formula is C12H24N2O3. The third-order valence-electron chi connectivity index (χ3n) is 3.02. The molecule has 17 heavy (non-hydrogen) atoms. The van der Waals surface area contributed by atoms with Crippen molar-refractivity contribution >= 4 is 5.91 Å². The van der Waals surface area contributed by atoms with Crippen molar-refractivity contribution in [3.05, 3.63) is 0 Å². The molecule has 0 aromatic rings. The average Bonchev–Trinajstić information content (AvgIpc) is 2.84. The Morgan fingerprint density at radius 2 is 2.35 bits per heavy atom. The largest absolute Gasteiger partial charge is 0.383 e. The molecule has 1 unspecified atom stereocenters. The number of carbonyl (C=O) groups is 1. The maximum atomic E-state index is 12.0. The fraction of sp³-hybridized carbons (Fsp3) is 0.917. The maximum Gasteiger partial charge on any atom is 0.222 e. The van der Waals surface area contributed by atoms with E-state index >= 15 is 0 Å². The Morgan fingerprint density at radius 3 is 2.94 bits per heavy atom. The smallest absolute Gasteiger partial charge is 0.222 e. The summed E-state index contributed by atoms with van der Waals surface area (Å²) in [7, 11) is 1.64. The van der Waals surface area contributed by atoms with E-state index in [-0.39, 0.29) is 12.0 Å². The lowest BCUT2D eigenvalue weighted by Gasteiger charge is -2.22. The highest BCUT2D eigenvalue weighted by atomic mass is 16.5. The normalized spacial score (nSPS) is 19.5. The number of hydrogen-bond acceptors (Lipinski definition) is 4. The number of rotatable bonds is 8. The van der Waals surface area contributed by atoms with E-state index in [1.54, 1.807) is 12.0 Å². The van der Waals surface area contributed by atoms with Gasteiger partial charge in [-0.1, -0.05) is 0 Å². The average molecular weight is 244 g/mol. The topological polar surface area (TPSA) is 64.8 Å². The van der Waals surface area contributed by atoms with Gasteiger partial charge >= 0.3 is 0 Å². The summed E-state index contributed by atoms with van der Waals surface area (Å²) in [6.07, 6.45) is 3.86. The number of ether oxygens (including phenoxy) is 2. The summed E-state index contributed by atoms with van der Waals surface area (Å²) < 4.78 is 10.5. The van der Waals surface area contributed by atoms with Gasteiger partial charge < -0.3 is 20.1 Å². The number of amides is 1. The second kappa shape index (κ2) is 8.44. The minimum Gasteiger partial charge on any atom is -0.383 e. The van der Waals surface area contributed by atoms with Crippen LogP contribution in [0.1, 0.15) is 25.7 Å². The van der Waals surface area contributed by atoms with Crippen molar-refractivity contribution in [1.82, 2.24) is 4.90 Å². The van der Waals surface area contributed by atoms with Gasteiger partial charge in [0.15, 0.2) is 0 Å². The first kappa shape index (κ1) is 14.4. The van der Waals surface area contributed by atoms with Crippen LogP contribution in [0.3, 0.4) is 0 Å². The van der Waals surface area contributed by atoms with Crippen LogP contribution in [0, 0.1) is 0 Å². The lowest BCUT2D eigenvalue weighted by atomic mass is 10.1. The molecule has 100 valence electrons. The molecule has 1 rings (SSSR count). The van der Waals surface area contributed by atoms with Crippen LogP contribution in [0.5, 0.6) is 0 Å². The van der Waals surface area contributed by atoms with Crippen molar-refractivity contribution in [3.8, 4) is 0 Å². The van der Waals surface area contributed by atoms with E-state index in [9.17, 15) is 4.79 Å². The summed E-state index contributed by atoms with van der Waals surface area (Å²) in [5.41, 5.74) is 5.50. The molecule has 0 aromatic carbocycles. The molecule has 1 amide bonds. The van der Waals surface area contributed by atoms with Gasteiger partial charge in [0.1, 0.15) is 0 Å². The van der Waals surface area contributed by atoms with Gasteiger partial charge in [0.2, 0.25) is 5.91 Å². The third-order valence-corrected chi connectivity index (χ3v) is 3.02. The predicted octanol–water partition coefficient (Wildman–Crippen LogP) is 0.379. The molecule has 1 heterocycles. The van der Waals surface area contributed by atoms with E-state index in [1.807, 2.05) is 0 Å². The van der Waals surface area contributed by atoms with Gasteiger partial charge in [-0.3, -0.25) is 4.79 Å². The zero-order chi connectivity index (χ0) is 12.5. The molecule has 0 aromatic heterocycles. The van der Waals surface area contributed by atoms with Gasteiger partial charge in [0, 0.05) is 39.8 Å². The van der Waals surface area contributed by atoms with Crippen LogP contribution in [-0.4, -0.2) is 56.9 Å². The van der Waals surface area contributed by atoms with E-state index in [0.29, 0.717) is 32.7 Å². The monoisotopic (exact) mass is 244 g/mol. The minimum atomic E-state index is 0.156. The van der Waals surface area contributed by atoms with Gasteiger partial charge in [-0.2, -0.15) is 0 Å². The molecule has 0 saturated carbocycles. The van der Waals surface area contributed by atoms with Crippen molar-refractivity contribution in [3.63, 3.8) is 0 Å². The fourth-order valence-corrected chi connectivity index (χ4v) is 2.03. The predicted molar refractivity (Wildman–Crippen MR) is 65.7 cm³/mol. The zero-order valence-corrected chi connectivity index (χ0v) is 10.7. The van der Waals surface area contributed by atoms with Crippen LogP contribution in [0.4, 0.5) is 0 Å². The highest BCUT2D eigenvalue weighted by molar-refractivity contribution is 5.76. The van der Waals surface area contributed by atoms with Crippen LogP contribution < -0.4 is 5.73 Å². The quantitative estimate of drug-likeness (QED) is 0.670. The van der Waals surface area contributed by atoms with Gasteiger partial charge in [0.25, 0.3) is 0 Å². The Hall–Kier alpha value is -0.650. The van der Waals surface area contributed by atoms with Crippen LogP contribution in [0.25, 0.3) is 0 Å². The molecule has 1 aliphatic heterocycles. The van der Waals surface area contributed by atoms with Gasteiger partial charge in [-0.15, -0.1) is 0 Å². The highest BCUT2D eigenvalue weighted by Crippen LogP contribution is 2.17. The summed E-state index contributed by atoms with van der Waals surface area (Å²) in [4.78, 5) is 13.7. The number of methoxy groups -OCH3 is 1. The minimum absolute atomic E-state index is 0.156. The molecule has 1 aliphatic rings. The molecule has 1 fully saturated rings. The summed E-state index contributed by atoms with van der Waals surface area (Å²) >= 11 is 0. The Labute approximate surface area is 103 Å². The zero-order valence-electron chi connectivity index (χ0n) is 10.7. The van der Waals surface area contributed by atoms with Crippen LogP contribution in [0.2, 0.25) is 0 Å². The SMILES string of the molecule is COCCN(CCN)C(=O)CCC1CCCO1. The summed E-state index contributed by atoms with van der Waals surface area (Å²) in [6.45, 7) is 3.13. The molecule has 0 spiro atoms. The summed E-state index contributed by atoms with van der Waals surface area (Å²) in [6, 6.07) is 0. The Balaban J connectivity index is 2.24. The Kier molecular flexibility index (Phi) is 7.16. The number of hydrogen-bond donors (Lipinski definition) is 1. The van der Waals surface area contributed by atoms with Crippen molar-refractivity contribution in [2.75, 3.05) is 40.0 Å². The van der Waals surface area contributed by atoms with Crippen molar-refractivity contribution in [1.29, 1.82) is 0 Å². The van der Waals surface area contributed by atoms with Crippen molar-refractivity contribution in [2.45, 2.75) is 31.8 Å². The van der Waals surface area contributed by atoms with Gasteiger partial charge in [-0.05, 0) is 19.3 Å². The number of nitrogens with two attached hydrogens (primary N) is 1. The van der Waals surface area contributed by atoms with Crippen LogP contribution in [0.15, 0.2) is 0 Å². The van der Waals surface area contributed by atoms with Gasteiger partial charge in [-0.25, -0.2) is 0 Å². The number of carbonyl (C=O) groups excluding carboxylic acids is 1. The van der Waals surface area contributed by atoms with E-state index in [0.717, 1.165) is 25.9 Å². The van der Waals surface area contributed by atoms with E-state index < -0.39 is 0 Å². The molecule has 1 atom stereocenters. The summed E-state index contributed by atoms with van der Waals surface area (Å²) in [5.74, 6) is 0.156. The molecule has 1 saturated heterocycles. The molecule has 0 radical (unpaired) electrons. The lowest BCUT2D eigenvalue weighted by Crippen LogP contribution is -2.37. The first-order valence-corrected chi connectivity index (χ1v) is 6.36. The molecule has 0 bridgehead atoms. The molecule has 5 nitrogen and oxygen atoms in total. The highest BCUT2D eigenvalue weighted by Gasteiger charge is 2.19. The van der Waals surface area contributed by atoms with Crippen LogP contribution in [-0.2, 0) is 14.3 Å². The molecule has 5 heteroatoms. The standard InChI is InChI=1S/C12H24N2O3/c1-16-10-8-14(7-6-13)12(15)5-4-11-3-2-9-17-11/h11H,2-10,13H2,1H3. The molecular weight excluding hydrogens is 220 g/mol. The second-order valence-electron chi connectivity index (χ2n) is 4.34. The lowest BCUT2D eigenvalue weighted by molar-refractivity contribution is -0.132. The van der Waals surface area contributed by atoms with E-state index in [2.05, 4.69) is 0 Å². The summed E-state index contributed by atoms with van der Waals surface area (Å²) in [5, 5.41) is 0. The van der Waals surface area contributed by atoms with Gasteiger partial charge in [0.05, 0.1) is 12.7 Å². The number of nitrogens with zero attached hydrogens (tertiary/aromatic N) is 1. The second-order valence-corrected chi connectivity index (χ2v) is 4.34. The van der Waals surface area contributed by atoms with Crippen molar-refractivity contribution in [2.24, 2.45) is 5.73 Å². The molecule has 0 aliphatic carbocycles. The first-order valence-electron chi connectivity index (χ1n) is 6.36.